The van der Waals surface area contributed by atoms with Crippen molar-refractivity contribution in [2.45, 2.75) is 44.6 Å². The molecule has 2 amide bonds. The minimum Gasteiger partial charge on any atom is -0.354 e. The standard InChI is InChI=1S/C23H30N2O4S/c1-17(2)16-21(25-22(26)20-13-8-7-10-18(20)3)23(27)24-14-9-15-30(28,29)19-11-5-4-6-12-19/h4-8,10-13,17,21H,9,14-16H2,1-3H3,(H,24,27)(H,25,26). The summed E-state index contributed by atoms with van der Waals surface area (Å²) in [5.74, 6) is -0.443. The highest BCUT2D eigenvalue weighted by Gasteiger charge is 2.23. The van der Waals surface area contributed by atoms with E-state index in [1.165, 1.54) is 0 Å². The SMILES string of the molecule is Cc1ccccc1C(=O)NC(CC(C)C)C(=O)NCCCS(=O)(=O)c1ccccc1. The maximum atomic E-state index is 12.6. The highest BCUT2D eigenvalue weighted by molar-refractivity contribution is 7.91. The Hall–Kier alpha value is -2.67. The van der Waals surface area contributed by atoms with Crippen molar-refractivity contribution in [1.82, 2.24) is 10.6 Å². The summed E-state index contributed by atoms with van der Waals surface area (Å²) in [4.78, 5) is 25.5. The predicted octanol–water partition coefficient (Wildman–Crippen LogP) is 3.12. The third-order valence-corrected chi connectivity index (χ3v) is 6.53. The molecular formula is C23H30N2O4S. The van der Waals surface area contributed by atoms with Crippen molar-refractivity contribution < 1.29 is 18.0 Å². The molecule has 2 rings (SSSR count). The zero-order chi connectivity index (χ0) is 22.1. The van der Waals surface area contributed by atoms with Crippen LogP contribution in [0.25, 0.3) is 0 Å². The molecule has 0 bridgehead atoms. The van der Waals surface area contributed by atoms with Crippen LogP contribution in [0.2, 0.25) is 0 Å². The molecule has 0 aliphatic carbocycles. The van der Waals surface area contributed by atoms with Crippen molar-refractivity contribution in [2.24, 2.45) is 5.92 Å². The van der Waals surface area contributed by atoms with E-state index < -0.39 is 15.9 Å². The van der Waals surface area contributed by atoms with Crippen LogP contribution in [0, 0.1) is 12.8 Å². The van der Waals surface area contributed by atoms with Gasteiger partial charge in [-0.1, -0.05) is 50.2 Å². The Bertz CT molecular complexity index is 956. The van der Waals surface area contributed by atoms with E-state index in [1.807, 2.05) is 32.9 Å². The van der Waals surface area contributed by atoms with Gasteiger partial charge in [-0.05, 0) is 49.4 Å². The third kappa shape index (κ3) is 6.99. The highest BCUT2D eigenvalue weighted by Crippen LogP contribution is 2.12. The largest absolute Gasteiger partial charge is 0.354 e. The smallest absolute Gasteiger partial charge is 0.252 e. The molecule has 0 aromatic heterocycles. The monoisotopic (exact) mass is 430 g/mol. The average Bonchev–Trinajstić information content (AvgIpc) is 2.71. The van der Waals surface area contributed by atoms with Crippen molar-refractivity contribution >= 4 is 21.7 Å². The van der Waals surface area contributed by atoms with Gasteiger partial charge in [0.1, 0.15) is 6.04 Å². The van der Waals surface area contributed by atoms with Gasteiger partial charge in [0.15, 0.2) is 9.84 Å². The van der Waals surface area contributed by atoms with Crippen molar-refractivity contribution in [2.75, 3.05) is 12.3 Å². The second-order valence-corrected chi connectivity index (χ2v) is 9.86. The first-order valence-electron chi connectivity index (χ1n) is 10.1. The fourth-order valence-electron chi connectivity index (χ4n) is 3.11. The molecule has 2 N–H and O–H groups in total. The number of hydrogen-bond acceptors (Lipinski definition) is 4. The Morgan fingerprint density at radius 1 is 0.967 bits per heavy atom. The molecule has 0 aliphatic rings. The van der Waals surface area contributed by atoms with Crippen LogP contribution >= 0.6 is 0 Å². The summed E-state index contributed by atoms with van der Waals surface area (Å²) >= 11 is 0. The molecular weight excluding hydrogens is 400 g/mol. The van der Waals surface area contributed by atoms with E-state index >= 15 is 0 Å². The normalized spacial score (nSPS) is 12.4. The van der Waals surface area contributed by atoms with Crippen LogP contribution in [0.1, 0.15) is 42.6 Å². The number of rotatable bonds is 10. The Labute approximate surface area is 179 Å². The van der Waals surface area contributed by atoms with Crippen molar-refractivity contribution in [3.63, 3.8) is 0 Å². The van der Waals surface area contributed by atoms with E-state index in [0.29, 0.717) is 18.4 Å². The van der Waals surface area contributed by atoms with E-state index in [9.17, 15) is 18.0 Å². The molecule has 0 saturated heterocycles. The van der Waals surface area contributed by atoms with Crippen molar-refractivity contribution in [1.29, 1.82) is 0 Å². The van der Waals surface area contributed by atoms with Crippen LogP contribution in [-0.2, 0) is 14.6 Å². The first kappa shape index (κ1) is 23.6. The average molecular weight is 431 g/mol. The fourth-order valence-corrected chi connectivity index (χ4v) is 4.44. The third-order valence-electron chi connectivity index (χ3n) is 4.71. The van der Waals surface area contributed by atoms with Crippen molar-refractivity contribution in [3.8, 4) is 0 Å². The van der Waals surface area contributed by atoms with Crippen LogP contribution < -0.4 is 10.6 Å². The lowest BCUT2D eigenvalue weighted by Crippen LogP contribution is -2.47. The first-order valence-corrected chi connectivity index (χ1v) is 11.8. The van der Waals surface area contributed by atoms with Crippen LogP contribution in [-0.4, -0.2) is 38.6 Å². The maximum absolute atomic E-state index is 12.6. The second kappa shape index (κ2) is 10.9. The highest BCUT2D eigenvalue weighted by atomic mass is 32.2. The molecule has 0 saturated carbocycles. The first-order chi connectivity index (χ1) is 14.2. The zero-order valence-electron chi connectivity index (χ0n) is 17.7. The van der Waals surface area contributed by atoms with Gasteiger partial charge in [-0.15, -0.1) is 0 Å². The topological polar surface area (TPSA) is 92.3 Å². The van der Waals surface area contributed by atoms with Gasteiger partial charge < -0.3 is 10.6 Å². The maximum Gasteiger partial charge on any atom is 0.252 e. The van der Waals surface area contributed by atoms with E-state index in [4.69, 9.17) is 0 Å². The van der Waals surface area contributed by atoms with Gasteiger partial charge in [0.05, 0.1) is 10.6 Å². The van der Waals surface area contributed by atoms with Gasteiger partial charge in [0.2, 0.25) is 5.91 Å². The Balaban J connectivity index is 1.92. The molecule has 1 unspecified atom stereocenters. The summed E-state index contributed by atoms with van der Waals surface area (Å²) in [6, 6.07) is 14.8. The molecule has 6 nitrogen and oxygen atoms in total. The molecule has 0 heterocycles. The van der Waals surface area contributed by atoms with Crippen LogP contribution in [0.15, 0.2) is 59.5 Å². The lowest BCUT2D eigenvalue weighted by atomic mass is 10.0. The molecule has 0 aliphatic heterocycles. The van der Waals surface area contributed by atoms with Gasteiger partial charge in [-0.25, -0.2) is 8.42 Å². The summed E-state index contributed by atoms with van der Waals surface area (Å²) in [6.45, 7) is 6.03. The van der Waals surface area contributed by atoms with E-state index in [2.05, 4.69) is 10.6 Å². The summed E-state index contributed by atoms with van der Waals surface area (Å²) in [7, 11) is -3.38. The number of sulfone groups is 1. The number of benzene rings is 2. The molecule has 1 atom stereocenters. The zero-order valence-corrected chi connectivity index (χ0v) is 18.5. The fraction of sp³-hybridized carbons (Fsp3) is 0.391. The molecule has 2 aromatic carbocycles. The van der Waals surface area contributed by atoms with E-state index in [-0.39, 0.29) is 34.9 Å². The van der Waals surface area contributed by atoms with Gasteiger partial charge in [-0.3, -0.25) is 9.59 Å². The van der Waals surface area contributed by atoms with E-state index in [0.717, 1.165) is 5.56 Å². The number of carbonyl (C=O) groups is 2. The number of carbonyl (C=O) groups excluding carboxylic acids is 2. The van der Waals surface area contributed by atoms with Crippen LogP contribution in [0.3, 0.4) is 0 Å². The summed E-state index contributed by atoms with van der Waals surface area (Å²) in [5.41, 5.74) is 1.37. The lowest BCUT2D eigenvalue weighted by Gasteiger charge is -2.20. The lowest BCUT2D eigenvalue weighted by molar-refractivity contribution is -0.123. The molecule has 0 fully saturated rings. The molecule has 7 heteroatoms. The summed E-state index contributed by atoms with van der Waals surface area (Å²) in [5, 5.41) is 5.58. The Morgan fingerprint density at radius 2 is 1.60 bits per heavy atom. The molecule has 162 valence electrons. The molecule has 2 aromatic rings. The van der Waals surface area contributed by atoms with E-state index in [1.54, 1.807) is 42.5 Å². The van der Waals surface area contributed by atoms with Crippen molar-refractivity contribution in [3.05, 3.63) is 65.7 Å². The number of hydrogen-bond donors (Lipinski definition) is 2. The quantitative estimate of drug-likeness (QED) is 0.567. The van der Waals surface area contributed by atoms with Gasteiger partial charge >= 0.3 is 0 Å². The predicted molar refractivity (Wildman–Crippen MR) is 118 cm³/mol. The second-order valence-electron chi connectivity index (χ2n) is 7.75. The minimum absolute atomic E-state index is 0.0539. The van der Waals surface area contributed by atoms with Gasteiger partial charge in [0, 0.05) is 12.1 Å². The molecule has 0 spiro atoms. The summed E-state index contributed by atoms with van der Waals surface area (Å²) in [6.07, 6.45) is 0.787. The van der Waals surface area contributed by atoms with Gasteiger partial charge in [-0.2, -0.15) is 0 Å². The summed E-state index contributed by atoms with van der Waals surface area (Å²) < 4.78 is 24.6. The Morgan fingerprint density at radius 3 is 2.23 bits per heavy atom. The number of nitrogens with one attached hydrogen (secondary N) is 2. The Kier molecular flexibility index (Phi) is 8.59. The van der Waals surface area contributed by atoms with Crippen LogP contribution in [0.4, 0.5) is 0 Å². The number of amides is 2. The molecule has 0 radical (unpaired) electrons. The van der Waals surface area contributed by atoms with Gasteiger partial charge in [0.25, 0.3) is 5.91 Å². The van der Waals surface area contributed by atoms with Crippen LogP contribution in [0.5, 0.6) is 0 Å². The number of aryl methyl sites for hydroxylation is 1. The minimum atomic E-state index is -3.38. The molecule has 30 heavy (non-hydrogen) atoms.